The molecule has 3 aromatic heterocycles. The maximum absolute atomic E-state index is 10.4. The number of likely N-dealkylation sites (tertiary alicyclic amines) is 1. The zero-order valence-electron chi connectivity index (χ0n) is 24.4. The molecule has 2 aliphatic heterocycles. The summed E-state index contributed by atoms with van der Waals surface area (Å²) >= 11 is 0. The van der Waals surface area contributed by atoms with Crippen LogP contribution >= 0.6 is 0 Å². The summed E-state index contributed by atoms with van der Waals surface area (Å²) in [5, 5.41) is 19.6. The molecule has 0 saturated carbocycles. The third kappa shape index (κ3) is 5.06. The number of hydrogen-bond donors (Lipinski definition) is 1. The molecule has 1 N–H and O–H groups in total. The molecule has 1 atom stereocenters. The van der Waals surface area contributed by atoms with Crippen LogP contribution in [0, 0.1) is 6.92 Å². The molecular formula is C30H40N8O2. The fourth-order valence-corrected chi connectivity index (χ4v) is 6.24. The van der Waals surface area contributed by atoms with E-state index in [9.17, 15) is 5.11 Å². The predicted molar refractivity (Wildman–Crippen MR) is 154 cm³/mol. The van der Waals surface area contributed by atoms with E-state index in [2.05, 4.69) is 62.9 Å². The average molecular weight is 545 g/mol. The number of benzene rings is 1. The van der Waals surface area contributed by atoms with Gasteiger partial charge in [-0.15, -0.1) is 0 Å². The van der Waals surface area contributed by atoms with Crippen molar-refractivity contribution in [3.63, 3.8) is 0 Å². The number of β-amino-alcohol motifs (C(OH)–C–C–N with tert-alkyl or cyclic N) is 1. The van der Waals surface area contributed by atoms with Gasteiger partial charge in [0.05, 0.1) is 29.6 Å². The molecule has 1 fully saturated rings. The monoisotopic (exact) mass is 544 g/mol. The normalized spacial score (nSPS) is 17.9. The number of aromatic nitrogens is 7. The first kappa shape index (κ1) is 26.7. The number of aryl methyl sites for hydroxylation is 2. The largest absolute Gasteiger partial charge is 0.491 e. The first-order valence-corrected chi connectivity index (χ1v) is 14.3. The van der Waals surface area contributed by atoms with Crippen molar-refractivity contribution in [1.29, 1.82) is 0 Å². The number of aliphatic hydroxyl groups is 1. The SMILES string of the molecule is Cc1nc(-c2cn3c(n2)-c2ccc(-c4cnn(C)c4C4CCCN(CC(C)(C)O)C4)cc2OCC3)n(C(C)C)n1. The van der Waals surface area contributed by atoms with Crippen molar-refractivity contribution in [3.05, 3.63) is 42.1 Å². The first-order chi connectivity index (χ1) is 19.1. The maximum atomic E-state index is 10.4. The summed E-state index contributed by atoms with van der Waals surface area (Å²) in [6.45, 7) is 13.8. The third-order valence-corrected chi connectivity index (χ3v) is 7.84. The van der Waals surface area contributed by atoms with E-state index in [0.717, 1.165) is 71.5 Å². The number of ether oxygens (including phenoxy) is 1. The Hall–Kier alpha value is -3.50. The minimum atomic E-state index is -0.708. The van der Waals surface area contributed by atoms with Crippen molar-refractivity contribution in [2.75, 3.05) is 26.2 Å². The summed E-state index contributed by atoms with van der Waals surface area (Å²) in [4.78, 5) is 12.1. The van der Waals surface area contributed by atoms with E-state index in [1.54, 1.807) is 0 Å². The van der Waals surface area contributed by atoms with Crippen LogP contribution in [0.4, 0.5) is 0 Å². The number of rotatable bonds is 6. The van der Waals surface area contributed by atoms with Crippen molar-refractivity contribution in [3.8, 4) is 39.8 Å². The second-order valence-electron chi connectivity index (χ2n) is 12.2. The second kappa shape index (κ2) is 10.2. The Morgan fingerprint density at radius 3 is 2.73 bits per heavy atom. The van der Waals surface area contributed by atoms with Crippen molar-refractivity contribution >= 4 is 0 Å². The Balaban J connectivity index is 1.34. The van der Waals surface area contributed by atoms with Gasteiger partial charge in [-0.2, -0.15) is 10.2 Å². The molecule has 0 aliphatic carbocycles. The zero-order valence-corrected chi connectivity index (χ0v) is 24.4. The number of imidazole rings is 1. The van der Waals surface area contributed by atoms with Gasteiger partial charge in [-0.05, 0) is 71.7 Å². The summed E-state index contributed by atoms with van der Waals surface area (Å²) in [6.07, 6.45) is 6.25. The van der Waals surface area contributed by atoms with E-state index in [1.165, 1.54) is 5.69 Å². The molecule has 4 aromatic rings. The average Bonchev–Trinajstić information content (AvgIpc) is 3.57. The van der Waals surface area contributed by atoms with Gasteiger partial charge in [-0.3, -0.25) is 9.58 Å². The van der Waals surface area contributed by atoms with Gasteiger partial charge in [0, 0.05) is 43.9 Å². The quantitative estimate of drug-likeness (QED) is 0.383. The number of fused-ring (bicyclic) bond motifs is 3. The Kier molecular flexibility index (Phi) is 6.78. The highest BCUT2D eigenvalue weighted by atomic mass is 16.5. The van der Waals surface area contributed by atoms with E-state index in [4.69, 9.17) is 9.72 Å². The van der Waals surface area contributed by atoms with Crippen LogP contribution in [-0.2, 0) is 13.6 Å². The van der Waals surface area contributed by atoms with Crippen LogP contribution in [0.2, 0.25) is 0 Å². The van der Waals surface area contributed by atoms with Crippen molar-refractivity contribution in [2.24, 2.45) is 7.05 Å². The van der Waals surface area contributed by atoms with Gasteiger partial charge in [-0.1, -0.05) is 6.07 Å². The highest BCUT2D eigenvalue weighted by molar-refractivity contribution is 5.76. The van der Waals surface area contributed by atoms with Gasteiger partial charge in [0.1, 0.15) is 29.7 Å². The highest BCUT2D eigenvalue weighted by Gasteiger charge is 2.30. The Morgan fingerprint density at radius 2 is 1.95 bits per heavy atom. The highest BCUT2D eigenvalue weighted by Crippen LogP contribution is 2.40. The molecular weight excluding hydrogens is 504 g/mol. The number of hydrogen-bond acceptors (Lipinski definition) is 7. The predicted octanol–water partition coefficient (Wildman–Crippen LogP) is 4.44. The van der Waals surface area contributed by atoms with Gasteiger partial charge in [0.25, 0.3) is 0 Å². The number of piperidine rings is 1. The standard InChI is InChI=1S/C30H40N8O2/c1-19(2)38-29(32-20(3)34-38)25-17-37-12-13-40-26-14-21(9-10-23(26)28(37)33-25)24-15-31-35(6)27(24)22-8-7-11-36(16-22)18-30(4,5)39/h9-10,14-15,17,19,22,39H,7-8,11-13,16,18H2,1-6H3. The van der Waals surface area contributed by atoms with Crippen LogP contribution < -0.4 is 4.74 Å². The summed E-state index contributed by atoms with van der Waals surface area (Å²) in [5.41, 5.74) is 4.55. The molecule has 0 spiro atoms. The lowest BCUT2D eigenvalue weighted by atomic mass is 9.89. The van der Waals surface area contributed by atoms with Crippen LogP contribution in [0.15, 0.2) is 30.6 Å². The number of nitrogens with zero attached hydrogens (tertiary/aromatic N) is 8. The molecule has 1 saturated heterocycles. The van der Waals surface area contributed by atoms with Gasteiger partial charge >= 0.3 is 0 Å². The lowest BCUT2D eigenvalue weighted by Crippen LogP contribution is -2.43. The minimum Gasteiger partial charge on any atom is -0.491 e. The fraction of sp³-hybridized carbons (Fsp3) is 0.533. The van der Waals surface area contributed by atoms with Gasteiger partial charge < -0.3 is 14.4 Å². The zero-order chi connectivity index (χ0) is 28.2. The molecule has 40 heavy (non-hydrogen) atoms. The molecule has 0 bridgehead atoms. The van der Waals surface area contributed by atoms with E-state index in [1.807, 2.05) is 43.4 Å². The maximum Gasteiger partial charge on any atom is 0.178 e. The van der Waals surface area contributed by atoms with Crippen LogP contribution in [0.5, 0.6) is 5.75 Å². The minimum absolute atomic E-state index is 0.191. The van der Waals surface area contributed by atoms with Crippen molar-refractivity contribution in [2.45, 2.75) is 71.6 Å². The van der Waals surface area contributed by atoms with Crippen LogP contribution in [-0.4, -0.2) is 75.9 Å². The van der Waals surface area contributed by atoms with Crippen LogP contribution in [0.1, 0.15) is 64.0 Å². The van der Waals surface area contributed by atoms with E-state index in [0.29, 0.717) is 25.6 Å². The summed E-state index contributed by atoms with van der Waals surface area (Å²) in [5.74, 6) is 3.59. The smallest absolute Gasteiger partial charge is 0.178 e. The lowest BCUT2D eigenvalue weighted by molar-refractivity contribution is 0.0268. The molecule has 2 aliphatic rings. The molecule has 0 amide bonds. The van der Waals surface area contributed by atoms with E-state index >= 15 is 0 Å². The van der Waals surface area contributed by atoms with Crippen LogP contribution in [0.25, 0.3) is 34.0 Å². The molecule has 1 aromatic carbocycles. The Labute approximate surface area is 235 Å². The molecule has 5 heterocycles. The van der Waals surface area contributed by atoms with Gasteiger partial charge in [0.2, 0.25) is 0 Å². The van der Waals surface area contributed by atoms with Gasteiger partial charge in [0.15, 0.2) is 5.82 Å². The Morgan fingerprint density at radius 1 is 1.12 bits per heavy atom. The van der Waals surface area contributed by atoms with E-state index in [-0.39, 0.29) is 6.04 Å². The van der Waals surface area contributed by atoms with E-state index < -0.39 is 5.60 Å². The summed E-state index contributed by atoms with van der Waals surface area (Å²) in [6, 6.07) is 6.61. The fourth-order valence-electron chi connectivity index (χ4n) is 6.24. The van der Waals surface area contributed by atoms with Gasteiger partial charge in [-0.25, -0.2) is 14.6 Å². The molecule has 0 radical (unpaired) electrons. The van der Waals surface area contributed by atoms with Crippen LogP contribution in [0.3, 0.4) is 0 Å². The lowest BCUT2D eigenvalue weighted by Gasteiger charge is -2.36. The molecule has 6 rings (SSSR count). The molecule has 10 heteroatoms. The molecule has 212 valence electrons. The second-order valence-corrected chi connectivity index (χ2v) is 12.2. The van der Waals surface area contributed by atoms with Crippen molar-refractivity contribution in [1.82, 2.24) is 39.0 Å². The summed E-state index contributed by atoms with van der Waals surface area (Å²) < 4.78 is 12.4. The third-order valence-electron chi connectivity index (χ3n) is 7.84. The Bertz CT molecular complexity index is 1520. The molecule has 1 unspecified atom stereocenters. The first-order valence-electron chi connectivity index (χ1n) is 14.3. The topological polar surface area (TPSA) is 99.0 Å². The van der Waals surface area contributed by atoms with Crippen molar-refractivity contribution < 1.29 is 9.84 Å². The summed E-state index contributed by atoms with van der Waals surface area (Å²) in [7, 11) is 2.03. The molecule has 10 nitrogen and oxygen atoms in total.